The fourth-order valence-corrected chi connectivity index (χ4v) is 3.56. The van der Waals surface area contributed by atoms with Crippen LogP contribution in [0.5, 0.6) is 0 Å². The van der Waals surface area contributed by atoms with E-state index in [1.165, 1.54) is 6.20 Å². The summed E-state index contributed by atoms with van der Waals surface area (Å²) in [5.74, 6) is -0.842. The zero-order chi connectivity index (χ0) is 22.0. The molecule has 1 aromatic heterocycles. The third-order valence-corrected chi connectivity index (χ3v) is 5.23. The predicted octanol–water partition coefficient (Wildman–Crippen LogP) is 2.68. The van der Waals surface area contributed by atoms with Gasteiger partial charge in [0, 0.05) is 30.5 Å². The van der Waals surface area contributed by atoms with Gasteiger partial charge in [0.2, 0.25) is 5.95 Å². The van der Waals surface area contributed by atoms with Crippen LogP contribution in [0.3, 0.4) is 0 Å². The summed E-state index contributed by atoms with van der Waals surface area (Å²) in [5, 5.41) is 15.5. The van der Waals surface area contributed by atoms with Crippen LogP contribution in [0.2, 0.25) is 0 Å². The summed E-state index contributed by atoms with van der Waals surface area (Å²) in [5.41, 5.74) is 9.02. The van der Waals surface area contributed by atoms with E-state index in [0.717, 1.165) is 30.6 Å². The summed E-state index contributed by atoms with van der Waals surface area (Å²) < 4.78 is 14.7. The van der Waals surface area contributed by atoms with Gasteiger partial charge in [-0.15, -0.1) is 0 Å². The van der Waals surface area contributed by atoms with Crippen LogP contribution in [-0.4, -0.2) is 39.5 Å². The van der Waals surface area contributed by atoms with Gasteiger partial charge in [0.1, 0.15) is 17.2 Å². The number of halogens is 1. The van der Waals surface area contributed by atoms with Crippen LogP contribution in [0.15, 0.2) is 42.6 Å². The topological polar surface area (TPSA) is 116 Å². The molecule has 0 saturated heterocycles. The van der Waals surface area contributed by atoms with E-state index >= 15 is 0 Å². The number of hydrogen-bond acceptors (Lipinski definition) is 7. The van der Waals surface area contributed by atoms with Gasteiger partial charge in [-0.25, -0.2) is 9.37 Å². The van der Waals surface area contributed by atoms with E-state index in [4.69, 9.17) is 5.73 Å². The second-order valence-electron chi connectivity index (χ2n) is 7.47. The first-order valence-electron chi connectivity index (χ1n) is 9.84. The molecule has 2 aromatic carbocycles. The minimum Gasteiger partial charge on any atom is -0.392 e. The number of aromatic nitrogens is 2. The minimum absolute atomic E-state index is 0.0748. The largest absolute Gasteiger partial charge is 0.392 e. The molecule has 1 aliphatic heterocycles. The van der Waals surface area contributed by atoms with Crippen LogP contribution in [0.4, 0.5) is 27.5 Å². The Kier molecular flexibility index (Phi) is 5.79. The van der Waals surface area contributed by atoms with Crippen molar-refractivity contribution in [3.05, 3.63) is 70.7 Å². The van der Waals surface area contributed by atoms with Gasteiger partial charge in [-0.3, -0.25) is 4.79 Å². The molecule has 5 N–H and O–H groups in total. The van der Waals surface area contributed by atoms with Gasteiger partial charge in [-0.1, -0.05) is 18.2 Å². The van der Waals surface area contributed by atoms with E-state index in [9.17, 15) is 14.3 Å². The first kappa shape index (κ1) is 20.7. The fraction of sp³-hybridized carbons (Fsp3) is 0.227. The number of carbonyl (C=O) groups is 1. The van der Waals surface area contributed by atoms with E-state index in [0.29, 0.717) is 11.3 Å². The number of anilines is 4. The van der Waals surface area contributed by atoms with Crippen LogP contribution in [0.25, 0.3) is 0 Å². The van der Waals surface area contributed by atoms with E-state index in [-0.39, 0.29) is 29.6 Å². The normalized spacial score (nSPS) is 13.5. The third kappa shape index (κ3) is 4.47. The summed E-state index contributed by atoms with van der Waals surface area (Å²) in [6.07, 6.45) is 2.08. The van der Waals surface area contributed by atoms with Gasteiger partial charge in [-0.2, -0.15) is 4.98 Å². The maximum absolute atomic E-state index is 14.7. The highest BCUT2D eigenvalue weighted by Crippen LogP contribution is 2.28. The van der Waals surface area contributed by atoms with Crippen LogP contribution >= 0.6 is 0 Å². The Morgan fingerprint density at radius 2 is 2.03 bits per heavy atom. The molecule has 0 bridgehead atoms. The van der Waals surface area contributed by atoms with Crippen molar-refractivity contribution < 1.29 is 14.3 Å². The Morgan fingerprint density at radius 3 is 2.81 bits per heavy atom. The van der Waals surface area contributed by atoms with Crippen molar-refractivity contribution in [3.8, 4) is 0 Å². The number of likely N-dealkylation sites (N-methyl/N-ethyl adjacent to an activating group) is 1. The molecule has 4 rings (SSSR count). The second-order valence-corrected chi connectivity index (χ2v) is 7.47. The van der Waals surface area contributed by atoms with Crippen LogP contribution < -0.4 is 16.4 Å². The first-order valence-corrected chi connectivity index (χ1v) is 9.84. The summed E-state index contributed by atoms with van der Waals surface area (Å²) in [6.45, 7) is 1.43. The summed E-state index contributed by atoms with van der Waals surface area (Å²) >= 11 is 0. The lowest BCUT2D eigenvalue weighted by molar-refractivity contribution is 0.100. The molecule has 0 spiro atoms. The Hall–Kier alpha value is -3.56. The number of benzene rings is 2. The number of primary amides is 1. The second kappa shape index (κ2) is 8.66. The number of nitrogens with one attached hydrogen (secondary N) is 2. The smallest absolute Gasteiger partial charge is 0.254 e. The van der Waals surface area contributed by atoms with Gasteiger partial charge in [0.25, 0.3) is 5.91 Å². The number of aliphatic hydroxyl groups excluding tert-OH is 1. The average Bonchev–Trinajstić information content (AvgIpc) is 2.75. The maximum atomic E-state index is 14.7. The summed E-state index contributed by atoms with van der Waals surface area (Å²) in [4.78, 5) is 22.5. The predicted molar refractivity (Wildman–Crippen MR) is 116 cm³/mol. The number of nitrogens with two attached hydrogens (primary N) is 1. The van der Waals surface area contributed by atoms with Crippen LogP contribution in [-0.2, 0) is 19.6 Å². The molecule has 9 heteroatoms. The average molecular weight is 422 g/mol. The lowest BCUT2D eigenvalue weighted by Gasteiger charge is -2.25. The van der Waals surface area contributed by atoms with Crippen molar-refractivity contribution in [1.82, 2.24) is 14.9 Å². The molecular weight excluding hydrogens is 399 g/mol. The molecule has 1 aliphatic rings. The molecule has 0 unspecified atom stereocenters. The SMILES string of the molecule is CN1CCc2cc(F)c(Nc3ncc(C(N)=O)c(Nc4ccccc4CO)n3)cc2C1. The molecule has 8 nitrogen and oxygen atoms in total. The number of rotatable bonds is 6. The summed E-state index contributed by atoms with van der Waals surface area (Å²) in [6, 6.07) is 10.4. The van der Waals surface area contributed by atoms with E-state index in [1.807, 2.05) is 7.05 Å². The highest BCUT2D eigenvalue weighted by molar-refractivity contribution is 5.98. The molecule has 0 radical (unpaired) electrons. The third-order valence-electron chi connectivity index (χ3n) is 5.23. The zero-order valence-corrected chi connectivity index (χ0v) is 17.0. The number of amides is 1. The first-order chi connectivity index (χ1) is 14.9. The Balaban J connectivity index is 1.66. The van der Waals surface area contributed by atoms with Crippen molar-refractivity contribution in [2.45, 2.75) is 19.6 Å². The van der Waals surface area contributed by atoms with Crippen molar-refractivity contribution in [1.29, 1.82) is 0 Å². The lowest BCUT2D eigenvalue weighted by Crippen LogP contribution is -2.26. The summed E-state index contributed by atoms with van der Waals surface area (Å²) in [7, 11) is 2.02. The van der Waals surface area contributed by atoms with Gasteiger partial charge in [0.15, 0.2) is 0 Å². The van der Waals surface area contributed by atoms with E-state index < -0.39 is 11.7 Å². The number of carbonyl (C=O) groups excluding carboxylic acids is 1. The molecule has 0 saturated carbocycles. The molecule has 2 heterocycles. The molecule has 31 heavy (non-hydrogen) atoms. The highest BCUT2D eigenvalue weighted by atomic mass is 19.1. The Bertz CT molecular complexity index is 1140. The van der Waals surface area contributed by atoms with Gasteiger partial charge in [-0.05, 0) is 42.8 Å². The van der Waals surface area contributed by atoms with Crippen molar-refractivity contribution in [2.75, 3.05) is 24.2 Å². The van der Waals surface area contributed by atoms with Crippen molar-refractivity contribution >= 4 is 29.0 Å². The number of nitrogens with zero attached hydrogens (tertiary/aromatic N) is 3. The van der Waals surface area contributed by atoms with Crippen LogP contribution in [0, 0.1) is 5.82 Å². The van der Waals surface area contributed by atoms with Crippen molar-refractivity contribution in [2.24, 2.45) is 5.73 Å². The van der Waals surface area contributed by atoms with E-state index in [1.54, 1.807) is 36.4 Å². The maximum Gasteiger partial charge on any atom is 0.254 e. The Labute approximate surface area is 178 Å². The molecule has 1 amide bonds. The standard InChI is InChI=1S/C22H23FN6O2/c1-29-7-6-13-8-17(23)19(9-15(13)11-29)27-22-25-10-16(20(24)31)21(28-22)26-18-5-3-2-4-14(18)12-30/h2-5,8-10,30H,6-7,11-12H2,1H3,(H2,24,31)(H2,25,26,27,28). The molecule has 0 atom stereocenters. The molecule has 3 aromatic rings. The molecule has 0 fully saturated rings. The van der Waals surface area contributed by atoms with E-state index in [2.05, 4.69) is 25.5 Å². The molecular formula is C22H23FN6O2. The number of hydrogen-bond donors (Lipinski definition) is 4. The van der Waals surface area contributed by atoms with Crippen molar-refractivity contribution in [3.63, 3.8) is 0 Å². The fourth-order valence-electron chi connectivity index (χ4n) is 3.56. The molecule has 160 valence electrons. The molecule has 0 aliphatic carbocycles. The monoisotopic (exact) mass is 422 g/mol. The quantitative estimate of drug-likeness (QED) is 0.483. The van der Waals surface area contributed by atoms with Gasteiger partial charge < -0.3 is 26.4 Å². The number of aliphatic hydroxyl groups is 1. The van der Waals surface area contributed by atoms with Gasteiger partial charge in [0.05, 0.1) is 12.3 Å². The Morgan fingerprint density at radius 1 is 1.23 bits per heavy atom. The number of para-hydroxylation sites is 1. The van der Waals surface area contributed by atoms with Gasteiger partial charge >= 0.3 is 0 Å². The minimum atomic E-state index is -0.710. The lowest BCUT2D eigenvalue weighted by atomic mass is 9.99. The zero-order valence-electron chi connectivity index (χ0n) is 17.0. The highest BCUT2D eigenvalue weighted by Gasteiger charge is 2.18. The number of fused-ring (bicyclic) bond motifs is 1. The van der Waals surface area contributed by atoms with Crippen LogP contribution in [0.1, 0.15) is 27.0 Å².